The van der Waals surface area contributed by atoms with Gasteiger partial charge in [-0.1, -0.05) is 12.8 Å². The Morgan fingerprint density at radius 2 is 1.93 bits per heavy atom. The fraction of sp³-hybridized carbons (Fsp3) is 0.368. The molecule has 0 spiro atoms. The average Bonchev–Trinajstić information content (AvgIpc) is 2.71. The van der Waals surface area contributed by atoms with Crippen LogP contribution in [0, 0.1) is 5.82 Å². The van der Waals surface area contributed by atoms with Gasteiger partial charge < -0.3 is 27.4 Å². The summed E-state index contributed by atoms with van der Waals surface area (Å²) in [6, 6.07) is 2.35. The number of hydrogen-bond acceptors (Lipinski definition) is 7. The summed E-state index contributed by atoms with van der Waals surface area (Å²) in [5.41, 5.74) is 12.1. The Morgan fingerprint density at radius 1 is 1.17 bits per heavy atom. The van der Waals surface area contributed by atoms with Gasteiger partial charge in [0.15, 0.2) is 11.6 Å². The molecular formula is C19H24FN7O2. The highest BCUT2D eigenvalue weighted by Gasteiger charge is 2.24. The molecule has 1 aliphatic rings. The second-order valence-electron chi connectivity index (χ2n) is 6.94. The lowest BCUT2D eigenvalue weighted by atomic mass is 9.91. The number of amides is 2. The molecule has 3 rings (SSSR count). The van der Waals surface area contributed by atoms with Crippen molar-refractivity contribution in [2.75, 3.05) is 17.7 Å². The van der Waals surface area contributed by atoms with Crippen LogP contribution < -0.4 is 27.4 Å². The molecule has 0 radical (unpaired) electrons. The van der Waals surface area contributed by atoms with Gasteiger partial charge in [0.2, 0.25) is 0 Å². The number of nitrogens with zero attached hydrogens (tertiary/aromatic N) is 2. The third kappa shape index (κ3) is 4.77. The van der Waals surface area contributed by atoms with Crippen LogP contribution in [0.5, 0.6) is 0 Å². The van der Waals surface area contributed by atoms with Crippen LogP contribution in [0.15, 0.2) is 24.5 Å². The van der Waals surface area contributed by atoms with Crippen molar-refractivity contribution in [3.05, 3.63) is 41.5 Å². The van der Waals surface area contributed by atoms with Crippen LogP contribution in [0.4, 0.5) is 21.7 Å². The molecule has 0 aliphatic heterocycles. The van der Waals surface area contributed by atoms with Crippen molar-refractivity contribution in [1.29, 1.82) is 0 Å². The highest BCUT2D eigenvalue weighted by Crippen LogP contribution is 2.26. The SMILES string of the molecule is CNC(=O)c1cncc(Nc2nc(NC3CCCCC3N)c(F)cc2C(N)=O)c1. The molecule has 0 aromatic carbocycles. The van der Waals surface area contributed by atoms with E-state index in [0.717, 1.165) is 31.7 Å². The molecule has 2 heterocycles. The third-order valence-electron chi connectivity index (χ3n) is 4.87. The quantitative estimate of drug-likeness (QED) is 0.492. The average molecular weight is 401 g/mol. The minimum absolute atomic E-state index is 0.0183. The van der Waals surface area contributed by atoms with E-state index in [1.54, 1.807) is 0 Å². The summed E-state index contributed by atoms with van der Waals surface area (Å²) in [5, 5.41) is 8.44. The van der Waals surface area contributed by atoms with Crippen LogP contribution in [0.25, 0.3) is 0 Å². The smallest absolute Gasteiger partial charge is 0.252 e. The molecule has 29 heavy (non-hydrogen) atoms. The first kappa shape index (κ1) is 20.5. The molecule has 0 saturated heterocycles. The summed E-state index contributed by atoms with van der Waals surface area (Å²) in [4.78, 5) is 31.8. The molecule has 2 aromatic rings. The molecule has 2 atom stereocenters. The third-order valence-corrected chi connectivity index (χ3v) is 4.87. The number of nitrogens with two attached hydrogens (primary N) is 2. The summed E-state index contributed by atoms with van der Waals surface area (Å²) in [5.74, 6) is -1.82. The summed E-state index contributed by atoms with van der Waals surface area (Å²) in [6.07, 6.45) is 6.54. The zero-order valence-electron chi connectivity index (χ0n) is 16.0. The van der Waals surface area contributed by atoms with E-state index < -0.39 is 11.7 Å². The van der Waals surface area contributed by atoms with Gasteiger partial charge in [0.25, 0.3) is 11.8 Å². The molecule has 0 bridgehead atoms. The number of nitrogens with one attached hydrogen (secondary N) is 3. The number of rotatable bonds is 6. The Hall–Kier alpha value is -3.27. The first-order chi connectivity index (χ1) is 13.9. The summed E-state index contributed by atoms with van der Waals surface area (Å²) in [6.45, 7) is 0. The summed E-state index contributed by atoms with van der Waals surface area (Å²) >= 11 is 0. The van der Waals surface area contributed by atoms with E-state index in [1.807, 2.05) is 0 Å². The molecule has 154 valence electrons. The minimum atomic E-state index is -0.838. The van der Waals surface area contributed by atoms with Crippen LogP contribution >= 0.6 is 0 Å². The van der Waals surface area contributed by atoms with Crippen molar-refractivity contribution in [3.63, 3.8) is 0 Å². The molecule has 2 unspecified atom stereocenters. The normalized spacial score (nSPS) is 18.7. The minimum Gasteiger partial charge on any atom is -0.365 e. The fourth-order valence-corrected chi connectivity index (χ4v) is 3.30. The lowest BCUT2D eigenvalue weighted by Crippen LogP contribution is -2.43. The van der Waals surface area contributed by atoms with Gasteiger partial charge in [-0.05, 0) is 25.0 Å². The van der Waals surface area contributed by atoms with Gasteiger partial charge in [0.1, 0.15) is 5.82 Å². The van der Waals surface area contributed by atoms with Crippen molar-refractivity contribution >= 4 is 29.1 Å². The van der Waals surface area contributed by atoms with Crippen LogP contribution in [-0.4, -0.2) is 40.9 Å². The van der Waals surface area contributed by atoms with Gasteiger partial charge in [-0.3, -0.25) is 14.6 Å². The molecule has 9 nitrogen and oxygen atoms in total. The monoisotopic (exact) mass is 401 g/mol. The van der Waals surface area contributed by atoms with E-state index in [4.69, 9.17) is 11.5 Å². The van der Waals surface area contributed by atoms with Crippen LogP contribution in [-0.2, 0) is 0 Å². The zero-order chi connectivity index (χ0) is 21.0. The maximum atomic E-state index is 14.6. The summed E-state index contributed by atoms with van der Waals surface area (Å²) in [7, 11) is 1.50. The van der Waals surface area contributed by atoms with Gasteiger partial charge in [-0.2, -0.15) is 0 Å². The number of pyridine rings is 2. The van der Waals surface area contributed by atoms with E-state index >= 15 is 0 Å². The number of hydrogen-bond donors (Lipinski definition) is 5. The van der Waals surface area contributed by atoms with E-state index in [0.29, 0.717) is 11.3 Å². The van der Waals surface area contributed by atoms with Crippen LogP contribution in [0.3, 0.4) is 0 Å². The number of primary amides is 1. The molecular weight excluding hydrogens is 377 g/mol. The Balaban J connectivity index is 1.92. The number of anilines is 3. The fourth-order valence-electron chi connectivity index (χ4n) is 3.30. The van der Waals surface area contributed by atoms with Crippen molar-refractivity contribution in [2.24, 2.45) is 11.5 Å². The second-order valence-corrected chi connectivity index (χ2v) is 6.94. The second kappa shape index (κ2) is 8.82. The van der Waals surface area contributed by atoms with Gasteiger partial charge in [0.05, 0.1) is 23.0 Å². The van der Waals surface area contributed by atoms with Gasteiger partial charge in [-0.25, -0.2) is 9.37 Å². The first-order valence-electron chi connectivity index (χ1n) is 9.35. The Morgan fingerprint density at radius 3 is 2.62 bits per heavy atom. The zero-order valence-corrected chi connectivity index (χ0v) is 16.0. The molecule has 1 fully saturated rings. The van der Waals surface area contributed by atoms with Crippen LogP contribution in [0.1, 0.15) is 46.4 Å². The van der Waals surface area contributed by atoms with E-state index in [2.05, 4.69) is 25.9 Å². The lowest BCUT2D eigenvalue weighted by molar-refractivity contribution is 0.0961. The lowest BCUT2D eigenvalue weighted by Gasteiger charge is -2.30. The number of carbonyl (C=O) groups excluding carboxylic acids is 2. The molecule has 1 aliphatic carbocycles. The Bertz CT molecular complexity index is 921. The Kier molecular flexibility index (Phi) is 6.23. The van der Waals surface area contributed by atoms with E-state index in [9.17, 15) is 14.0 Å². The highest BCUT2D eigenvalue weighted by atomic mass is 19.1. The molecule has 2 amide bonds. The first-order valence-corrected chi connectivity index (χ1v) is 9.35. The topological polar surface area (TPSA) is 148 Å². The molecule has 1 saturated carbocycles. The molecule has 7 N–H and O–H groups in total. The predicted molar refractivity (Wildman–Crippen MR) is 107 cm³/mol. The van der Waals surface area contributed by atoms with Crippen molar-refractivity contribution in [3.8, 4) is 0 Å². The van der Waals surface area contributed by atoms with Gasteiger partial charge >= 0.3 is 0 Å². The predicted octanol–water partition coefficient (Wildman–Crippen LogP) is 1.50. The van der Waals surface area contributed by atoms with Crippen LogP contribution in [0.2, 0.25) is 0 Å². The van der Waals surface area contributed by atoms with Gasteiger partial charge in [0, 0.05) is 25.3 Å². The standard InChI is InChI=1S/C19H24FN7O2/c1-23-19(29)10-6-11(9-24-8-10)25-17-12(16(22)28)7-13(20)18(27-17)26-15-5-3-2-4-14(15)21/h6-9,14-15H,2-5,21H2,1H3,(H2,22,28)(H,23,29)(H2,25,26,27). The van der Waals surface area contributed by atoms with Gasteiger partial charge in [-0.15, -0.1) is 0 Å². The highest BCUT2D eigenvalue weighted by molar-refractivity contribution is 5.99. The van der Waals surface area contributed by atoms with E-state index in [-0.39, 0.29) is 35.2 Å². The number of carbonyl (C=O) groups is 2. The largest absolute Gasteiger partial charge is 0.365 e. The van der Waals surface area contributed by atoms with Crippen molar-refractivity contribution in [2.45, 2.75) is 37.8 Å². The van der Waals surface area contributed by atoms with E-state index in [1.165, 1.54) is 25.5 Å². The maximum Gasteiger partial charge on any atom is 0.252 e. The van der Waals surface area contributed by atoms with Crippen molar-refractivity contribution in [1.82, 2.24) is 15.3 Å². The summed E-state index contributed by atoms with van der Waals surface area (Å²) < 4.78 is 14.6. The molecule has 10 heteroatoms. The van der Waals surface area contributed by atoms with Crippen molar-refractivity contribution < 1.29 is 14.0 Å². The number of aromatic nitrogens is 2. The molecule has 2 aromatic heterocycles. The number of halogens is 1. The Labute approximate surface area is 167 Å². The maximum absolute atomic E-state index is 14.6.